The quantitative estimate of drug-likeness (QED) is 0.658. The molecule has 2 heterocycles. The highest BCUT2D eigenvalue weighted by atomic mass is 15.3. The fourth-order valence-corrected chi connectivity index (χ4v) is 2.56. The number of nitrogens with zero attached hydrogens (tertiary/aromatic N) is 1. The number of fused-ring (bicyclic) bond motifs is 1. The van der Waals surface area contributed by atoms with Crippen molar-refractivity contribution in [2.45, 2.75) is 37.8 Å². The first-order chi connectivity index (χ1) is 6.88. The first kappa shape index (κ1) is 8.09. The lowest BCUT2D eigenvalue weighted by Crippen LogP contribution is -2.43. The Morgan fingerprint density at radius 1 is 1.07 bits per heavy atom. The second-order valence-electron chi connectivity index (χ2n) is 4.31. The number of nitrogens with one attached hydrogen (secondary N) is 2. The molecule has 14 heavy (non-hydrogen) atoms. The minimum absolute atomic E-state index is 0.142. The largest absolute Gasteiger partial charge is 0.361 e. The van der Waals surface area contributed by atoms with E-state index in [2.05, 4.69) is 15.6 Å². The molecule has 0 aromatic carbocycles. The normalized spacial score (nSPS) is 22.6. The van der Waals surface area contributed by atoms with Gasteiger partial charge in [0.1, 0.15) is 5.66 Å². The van der Waals surface area contributed by atoms with Crippen LogP contribution in [0.1, 0.15) is 32.1 Å². The van der Waals surface area contributed by atoms with E-state index in [4.69, 9.17) is 0 Å². The van der Waals surface area contributed by atoms with E-state index in [9.17, 15) is 0 Å². The molecule has 0 bridgehead atoms. The Kier molecular flexibility index (Phi) is 1.66. The van der Waals surface area contributed by atoms with E-state index in [0.717, 1.165) is 5.69 Å². The second kappa shape index (κ2) is 2.87. The molecule has 1 fully saturated rings. The first-order valence-corrected chi connectivity index (χ1v) is 5.38. The van der Waals surface area contributed by atoms with Gasteiger partial charge in [-0.05, 0) is 31.7 Å². The van der Waals surface area contributed by atoms with Gasteiger partial charge in [-0.25, -0.2) is 0 Å². The summed E-state index contributed by atoms with van der Waals surface area (Å²) in [6.45, 7) is 0. The van der Waals surface area contributed by atoms with Crippen molar-refractivity contribution in [2.75, 3.05) is 10.6 Å². The zero-order valence-corrected chi connectivity index (χ0v) is 8.21. The summed E-state index contributed by atoms with van der Waals surface area (Å²) in [5, 5.41) is 7.17. The molecule has 1 aromatic rings. The minimum Gasteiger partial charge on any atom is -0.361 e. The zero-order valence-electron chi connectivity index (χ0n) is 8.21. The van der Waals surface area contributed by atoms with Gasteiger partial charge in [0.2, 0.25) is 0 Å². The third-order valence-electron chi connectivity index (χ3n) is 3.28. The van der Waals surface area contributed by atoms with Crippen LogP contribution in [-0.2, 0) is 0 Å². The van der Waals surface area contributed by atoms with Crippen LogP contribution in [0.4, 0.5) is 11.4 Å². The summed E-state index contributed by atoms with van der Waals surface area (Å²) >= 11 is 0. The molecule has 1 aliphatic heterocycles. The smallest absolute Gasteiger partial charge is 0.108 e. The van der Waals surface area contributed by atoms with Crippen molar-refractivity contribution in [1.29, 1.82) is 0 Å². The Morgan fingerprint density at radius 2 is 1.86 bits per heavy atom. The molecule has 1 spiro atoms. The summed E-state index contributed by atoms with van der Waals surface area (Å²) in [5.41, 5.74) is 2.51. The van der Waals surface area contributed by atoms with Gasteiger partial charge >= 0.3 is 0 Å². The van der Waals surface area contributed by atoms with E-state index < -0.39 is 0 Å². The Morgan fingerprint density at radius 3 is 2.64 bits per heavy atom. The predicted octanol–water partition coefficient (Wildman–Crippen LogP) is 2.58. The molecule has 0 saturated heterocycles. The molecule has 1 saturated carbocycles. The molecule has 2 aliphatic rings. The van der Waals surface area contributed by atoms with E-state index >= 15 is 0 Å². The standard InChI is InChI=1S/C11H15N3/c1-2-5-11(6-3-1)13-9-4-7-12-8-10(9)14-11/h4,7-8,13-14H,1-3,5-6H2. The van der Waals surface area contributed by atoms with Gasteiger partial charge in [-0.3, -0.25) is 4.98 Å². The maximum absolute atomic E-state index is 4.13. The van der Waals surface area contributed by atoms with Crippen molar-refractivity contribution in [3.8, 4) is 0 Å². The first-order valence-electron chi connectivity index (χ1n) is 5.38. The molecule has 74 valence electrons. The Labute approximate surface area is 83.9 Å². The number of rotatable bonds is 0. The molecule has 0 amide bonds. The number of aromatic nitrogens is 1. The van der Waals surface area contributed by atoms with Gasteiger partial charge in [-0.15, -0.1) is 0 Å². The molecular weight excluding hydrogens is 174 g/mol. The Balaban J connectivity index is 1.89. The predicted molar refractivity (Wildman–Crippen MR) is 57.3 cm³/mol. The highest BCUT2D eigenvalue weighted by Crippen LogP contribution is 2.40. The van der Waals surface area contributed by atoms with Crippen LogP contribution in [-0.4, -0.2) is 10.6 Å². The zero-order chi connectivity index (χ0) is 9.43. The molecule has 3 heteroatoms. The van der Waals surface area contributed by atoms with Crippen molar-refractivity contribution in [3.05, 3.63) is 18.5 Å². The molecule has 1 aliphatic carbocycles. The minimum atomic E-state index is 0.142. The van der Waals surface area contributed by atoms with Crippen LogP contribution in [0.15, 0.2) is 18.5 Å². The summed E-state index contributed by atoms with van der Waals surface area (Å²) in [4.78, 5) is 4.13. The Hall–Kier alpha value is -1.25. The van der Waals surface area contributed by atoms with Crippen LogP contribution in [0.25, 0.3) is 0 Å². The van der Waals surface area contributed by atoms with Crippen molar-refractivity contribution in [1.82, 2.24) is 4.98 Å². The van der Waals surface area contributed by atoms with E-state index in [0.29, 0.717) is 0 Å². The van der Waals surface area contributed by atoms with Crippen LogP contribution < -0.4 is 10.6 Å². The van der Waals surface area contributed by atoms with Gasteiger partial charge in [0.25, 0.3) is 0 Å². The Bertz CT molecular complexity index is 315. The average molecular weight is 189 g/mol. The molecule has 3 rings (SSSR count). The fraction of sp³-hybridized carbons (Fsp3) is 0.545. The van der Waals surface area contributed by atoms with Gasteiger partial charge in [-0.2, -0.15) is 0 Å². The van der Waals surface area contributed by atoms with Crippen molar-refractivity contribution in [2.24, 2.45) is 0 Å². The molecule has 3 nitrogen and oxygen atoms in total. The maximum atomic E-state index is 4.13. The van der Waals surface area contributed by atoms with Crippen molar-refractivity contribution < 1.29 is 0 Å². The summed E-state index contributed by atoms with van der Waals surface area (Å²) in [6.07, 6.45) is 10.2. The van der Waals surface area contributed by atoms with Gasteiger partial charge in [0.15, 0.2) is 0 Å². The van der Waals surface area contributed by atoms with Crippen LogP contribution in [0.2, 0.25) is 0 Å². The van der Waals surface area contributed by atoms with Crippen LogP contribution in [0.3, 0.4) is 0 Å². The van der Waals surface area contributed by atoms with Gasteiger partial charge in [0, 0.05) is 6.20 Å². The van der Waals surface area contributed by atoms with E-state index in [1.807, 2.05) is 18.5 Å². The summed E-state index contributed by atoms with van der Waals surface area (Å²) < 4.78 is 0. The highest BCUT2D eigenvalue weighted by Gasteiger charge is 2.36. The second-order valence-corrected chi connectivity index (χ2v) is 4.31. The number of hydrogen-bond donors (Lipinski definition) is 2. The number of hydrogen-bond acceptors (Lipinski definition) is 3. The van der Waals surface area contributed by atoms with E-state index in [1.165, 1.54) is 37.8 Å². The molecule has 0 unspecified atom stereocenters. The topological polar surface area (TPSA) is 37.0 Å². The van der Waals surface area contributed by atoms with Crippen LogP contribution in [0.5, 0.6) is 0 Å². The molecular formula is C11H15N3. The highest BCUT2D eigenvalue weighted by molar-refractivity contribution is 5.74. The third kappa shape index (κ3) is 1.15. The maximum Gasteiger partial charge on any atom is 0.108 e. The molecule has 2 N–H and O–H groups in total. The van der Waals surface area contributed by atoms with Crippen LogP contribution in [0, 0.1) is 0 Å². The summed E-state index contributed by atoms with van der Waals surface area (Å²) in [7, 11) is 0. The van der Waals surface area contributed by atoms with Crippen molar-refractivity contribution in [3.63, 3.8) is 0 Å². The summed E-state index contributed by atoms with van der Waals surface area (Å²) in [5.74, 6) is 0. The van der Waals surface area contributed by atoms with Crippen molar-refractivity contribution >= 4 is 11.4 Å². The summed E-state index contributed by atoms with van der Waals surface area (Å²) in [6, 6.07) is 2.05. The molecule has 1 aromatic heterocycles. The third-order valence-corrected chi connectivity index (χ3v) is 3.28. The number of pyridine rings is 1. The lowest BCUT2D eigenvalue weighted by molar-refractivity contribution is 0.367. The monoisotopic (exact) mass is 189 g/mol. The van der Waals surface area contributed by atoms with Gasteiger partial charge in [-0.1, -0.05) is 6.42 Å². The van der Waals surface area contributed by atoms with E-state index in [1.54, 1.807) is 0 Å². The molecule has 0 radical (unpaired) electrons. The van der Waals surface area contributed by atoms with E-state index in [-0.39, 0.29) is 5.66 Å². The van der Waals surface area contributed by atoms with Gasteiger partial charge in [0.05, 0.1) is 17.6 Å². The lowest BCUT2D eigenvalue weighted by atomic mass is 9.89. The van der Waals surface area contributed by atoms with Crippen LogP contribution >= 0.6 is 0 Å². The average Bonchev–Trinajstić information content (AvgIpc) is 2.56. The van der Waals surface area contributed by atoms with Gasteiger partial charge < -0.3 is 10.6 Å². The lowest BCUT2D eigenvalue weighted by Gasteiger charge is -2.34. The SMILES string of the molecule is c1cc2c(cn1)NC1(CCCCC1)N2. The molecule has 0 atom stereocenters. The number of anilines is 2. The fourth-order valence-electron chi connectivity index (χ4n) is 2.56.